The molecule has 2 aromatic heterocycles. The summed E-state index contributed by atoms with van der Waals surface area (Å²) in [6.07, 6.45) is 13.9. The molecule has 2 aliphatic rings. The normalized spacial score (nSPS) is 19.4. The molecule has 0 spiro atoms. The average molecular weight is 405 g/mol. The number of ether oxygens (including phenoxy) is 1. The van der Waals surface area contributed by atoms with Gasteiger partial charge in [-0.2, -0.15) is 10.4 Å². The van der Waals surface area contributed by atoms with Crippen molar-refractivity contribution in [3.8, 4) is 22.9 Å². The van der Waals surface area contributed by atoms with Crippen molar-refractivity contribution in [1.29, 1.82) is 5.26 Å². The minimum atomic E-state index is 0.102. The van der Waals surface area contributed by atoms with E-state index < -0.39 is 0 Å². The van der Waals surface area contributed by atoms with Crippen molar-refractivity contribution >= 4 is 22.7 Å². The smallest absolute Gasteiger partial charge is 0.138 e. The SMILES string of the molecule is N#CC1CC=C(c2nccn3ncc(-c4ccc(OC5CCC5)c(Cl)c4)c23)CC1. The van der Waals surface area contributed by atoms with Crippen LogP contribution in [-0.4, -0.2) is 20.7 Å². The second kappa shape index (κ2) is 7.53. The van der Waals surface area contributed by atoms with Crippen LogP contribution in [0.15, 0.2) is 42.9 Å². The fourth-order valence-electron chi connectivity index (χ4n) is 3.99. The van der Waals surface area contributed by atoms with Gasteiger partial charge in [-0.25, -0.2) is 4.52 Å². The first-order chi connectivity index (χ1) is 14.2. The predicted molar refractivity (Wildman–Crippen MR) is 113 cm³/mol. The Bertz CT molecular complexity index is 1140. The lowest BCUT2D eigenvalue weighted by molar-refractivity contribution is 0.120. The number of allylic oxidation sites excluding steroid dienone is 2. The van der Waals surface area contributed by atoms with Crippen molar-refractivity contribution < 1.29 is 4.74 Å². The number of nitrogens with zero attached hydrogens (tertiary/aromatic N) is 4. The Morgan fingerprint density at radius 3 is 2.83 bits per heavy atom. The largest absolute Gasteiger partial charge is 0.489 e. The predicted octanol–water partition coefficient (Wildman–Crippen LogP) is 5.69. The zero-order valence-electron chi connectivity index (χ0n) is 16.0. The van der Waals surface area contributed by atoms with Crippen LogP contribution in [0.4, 0.5) is 0 Å². The third kappa shape index (κ3) is 3.38. The van der Waals surface area contributed by atoms with E-state index in [0.717, 1.165) is 60.2 Å². The number of fused-ring (bicyclic) bond motifs is 1. The maximum absolute atomic E-state index is 9.17. The molecule has 2 aliphatic carbocycles. The molecule has 0 amide bonds. The molecule has 5 rings (SSSR count). The summed E-state index contributed by atoms with van der Waals surface area (Å²) < 4.78 is 7.84. The van der Waals surface area contributed by atoms with Gasteiger partial charge >= 0.3 is 0 Å². The van der Waals surface area contributed by atoms with Crippen LogP contribution in [0.3, 0.4) is 0 Å². The van der Waals surface area contributed by atoms with Gasteiger partial charge in [-0.05, 0) is 61.8 Å². The molecular weight excluding hydrogens is 384 g/mol. The van der Waals surface area contributed by atoms with Crippen LogP contribution in [0.2, 0.25) is 5.02 Å². The lowest BCUT2D eigenvalue weighted by Crippen LogP contribution is -2.24. The number of rotatable bonds is 4. The number of hydrogen-bond donors (Lipinski definition) is 0. The Morgan fingerprint density at radius 2 is 2.14 bits per heavy atom. The highest BCUT2D eigenvalue weighted by Crippen LogP contribution is 2.38. The highest BCUT2D eigenvalue weighted by molar-refractivity contribution is 6.32. The van der Waals surface area contributed by atoms with E-state index >= 15 is 0 Å². The third-order valence-electron chi connectivity index (χ3n) is 5.92. The Balaban J connectivity index is 1.53. The standard InChI is InChI=1S/C23H21ClN4O/c24-20-12-17(8-9-21(20)29-18-2-1-3-18)19-14-27-28-11-10-26-22(23(19)28)16-6-4-15(13-25)5-7-16/h6,8-12,14-15,18H,1-5,7H2. The fourth-order valence-corrected chi connectivity index (χ4v) is 4.21. The van der Waals surface area contributed by atoms with Gasteiger partial charge in [0.15, 0.2) is 0 Å². The summed E-state index contributed by atoms with van der Waals surface area (Å²) in [4.78, 5) is 4.67. The lowest BCUT2D eigenvalue weighted by atomic mass is 9.88. The second-order valence-electron chi connectivity index (χ2n) is 7.77. The molecule has 1 fully saturated rings. The van der Waals surface area contributed by atoms with Gasteiger partial charge in [-0.1, -0.05) is 23.7 Å². The van der Waals surface area contributed by atoms with E-state index in [-0.39, 0.29) is 5.92 Å². The molecule has 146 valence electrons. The molecule has 0 N–H and O–H groups in total. The molecular formula is C23H21ClN4O. The first-order valence-electron chi connectivity index (χ1n) is 10.1. The molecule has 6 heteroatoms. The average Bonchev–Trinajstić information content (AvgIpc) is 3.16. The van der Waals surface area contributed by atoms with E-state index in [1.807, 2.05) is 35.1 Å². The van der Waals surface area contributed by atoms with E-state index in [1.165, 1.54) is 12.0 Å². The molecule has 0 radical (unpaired) electrons. The van der Waals surface area contributed by atoms with Gasteiger partial charge in [-0.15, -0.1) is 0 Å². The first-order valence-corrected chi connectivity index (χ1v) is 10.5. The van der Waals surface area contributed by atoms with Crippen molar-refractivity contribution in [1.82, 2.24) is 14.6 Å². The van der Waals surface area contributed by atoms with Crippen LogP contribution in [0.1, 0.15) is 44.2 Å². The van der Waals surface area contributed by atoms with Gasteiger partial charge < -0.3 is 4.74 Å². The topological polar surface area (TPSA) is 63.2 Å². The van der Waals surface area contributed by atoms with Gasteiger partial charge in [0, 0.05) is 18.0 Å². The van der Waals surface area contributed by atoms with Crippen LogP contribution in [-0.2, 0) is 0 Å². The van der Waals surface area contributed by atoms with Crippen LogP contribution in [0.5, 0.6) is 5.75 Å². The zero-order valence-corrected chi connectivity index (χ0v) is 16.8. The molecule has 29 heavy (non-hydrogen) atoms. The van der Waals surface area contributed by atoms with Crippen molar-refractivity contribution in [2.75, 3.05) is 0 Å². The number of halogens is 1. The summed E-state index contributed by atoms with van der Waals surface area (Å²) in [5, 5.41) is 14.3. The molecule has 1 aromatic carbocycles. The van der Waals surface area contributed by atoms with Crippen molar-refractivity contribution in [2.24, 2.45) is 5.92 Å². The van der Waals surface area contributed by atoms with Gasteiger partial charge in [-0.3, -0.25) is 4.98 Å². The zero-order chi connectivity index (χ0) is 19.8. The van der Waals surface area contributed by atoms with E-state index in [9.17, 15) is 5.26 Å². The molecule has 0 bridgehead atoms. The highest BCUT2D eigenvalue weighted by atomic mass is 35.5. The minimum absolute atomic E-state index is 0.102. The monoisotopic (exact) mass is 404 g/mol. The number of benzene rings is 1. The van der Waals surface area contributed by atoms with Crippen LogP contribution in [0, 0.1) is 17.2 Å². The van der Waals surface area contributed by atoms with Crippen molar-refractivity contribution in [2.45, 2.75) is 44.6 Å². The summed E-state index contributed by atoms with van der Waals surface area (Å²) >= 11 is 6.53. The Morgan fingerprint density at radius 1 is 1.24 bits per heavy atom. The number of hydrogen-bond acceptors (Lipinski definition) is 4. The van der Waals surface area contributed by atoms with Crippen LogP contribution < -0.4 is 4.74 Å². The molecule has 3 aromatic rings. The summed E-state index contributed by atoms with van der Waals surface area (Å²) in [6.45, 7) is 0. The van der Waals surface area contributed by atoms with Gasteiger partial charge in [0.25, 0.3) is 0 Å². The van der Waals surface area contributed by atoms with Gasteiger partial charge in [0.1, 0.15) is 5.75 Å². The highest BCUT2D eigenvalue weighted by Gasteiger charge is 2.22. The van der Waals surface area contributed by atoms with Crippen LogP contribution >= 0.6 is 11.6 Å². The molecule has 5 nitrogen and oxygen atoms in total. The minimum Gasteiger partial charge on any atom is -0.489 e. The fraction of sp³-hybridized carbons (Fsp3) is 0.348. The molecule has 0 saturated heterocycles. The quantitative estimate of drug-likeness (QED) is 0.560. The second-order valence-corrected chi connectivity index (χ2v) is 8.18. The Labute approximate surface area is 174 Å². The molecule has 1 atom stereocenters. The summed E-state index contributed by atoms with van der Waals surface area (Å²) in [7, 11) is 0. The van der Waals surface area contributed by atoms with E-state index in [1.54, 1.807) is 6.20 Å². The maximum Gasteiger partial charge on any atom is 0.138 e. The number of aromatic nitrogens is 3. The van der Waals surface area contributed by atoms with Crippen LogP contribution in [0.25, 0.3) is 22.2 Å². The lowest BCUT2D eigenvalue weighted by Gasteiger charge is -2.26. The van der Waals surface area contributed by atoms with E-state index in [0.29, 0.717) is 11.1 Å². The summed E-state index contributed by atoms with van der Waals surface area (Å²) in [5.41, 5.74) is 5.07. The molecule has 1 unspecified atom stereocenters. The molecule has 1 saturated carbocycles. The summed E-state index contributed by atoms with van der Waals surface area (Å²) in [6, 6.07) is 8.31. The van der Waals surface area contributed by atoms with Crippen molar-refractivity contribution in [3.63, 3.8) is 0 Å². The molecule has 2 heterocycles. The van der Waals surface area contributed by atoms with Crippen molar-refractivity contribution in [3.05, 3.63) is 53.6 Å². The third-order valence-corrected chi connectivity index (χ3v) is 6.21. The first kappa shape index (κ1) is 18.2. The Kier molecular flexibility index (Phi) is 4.73. The van der Waals surface area contributed by atoms with Gasteiger partial charge in [0.2, 0.25) is 0 Å². The van der Waals surface area contributed by atoms with Gasteiger partial charge in [0.05, 0.1) is 40.5 Å². The summed E-state index contributed by atoms with van der Waals surface area (Å²) in [5.74, 6) is 0.845. The maximum atomic E-state index is 9.17. The van der Waals surface area contributed by atoms with E-state index in [4.69, 9.17) is 16.3 Å². The number of nitriles is 1. The van der Waals surface area contributed by atoms with E-state index in [2.05, 4.69) is 22.2 Å². The molecule has 0 aliphatic heterocycles. The Hall–Kier alpha value is -2.84.